The maximum Gasteiger partial charge on any atom is 0.192 e. The first-order valence-corrected chi connectivity index (χ1v) is 8.57. The fourth-order valence-corrected chi connectivity index (χ4v) is 4.23. The number of Topliss-reactive ketones (excluding diaryl/α,β-unsaturated/α-hetero) is 2. The van der Waals surface area contributed by atoms with E-state index < -0.39 is 0 Å². The van der Waals surface area contributed by atoms with Crippen molar-refractivity contribution < 1.29 is 9.59 Å². The van der Waals surface area contributed by atoms with Gasteiger partial charge < -0.3 is 5.32 Å². The highest BCUT2D eigenvalue weighted by atomic mass is 16.1. The molecule has 4 nitrogen and oxygen atoms in total. The van der Waals surface area contributed by atoms with E-state index in [0.717, 1.165) is 40.9 Å². The Hall–Kier alpha value is -3.01. The van der Waals surface area contributed by atoms with E-state index in [2.05, 4.69) is 10.3 Å². The lowest BCUT2D eigenvalue weighted by atomic mass is 9.75. The molecule has 5 rings (SSSR count). The second kappa shape index (κ2) is 5.24. The summed E-state index contributed by atoms with van der Waals surface area (Å²) in [6.07, 6.45) is 5.68. The van der Waals surface area contributed by atoms with Crippen LogP contribution in [0.5, 0.6) is 0 Å². The van der Waals surface area contributed by atoms with Crippen molar-refractivity contribution >= 4 is 17.3 Å². The Labute approximate surface area is 145 Å². The quantitative estimate of drug-likeness (QED) is 0.872. The molecule has 1 atom stereocenters. The van der Waals surface area contributed by atoms with Gasteiger partial charge in [0.1, 0.15) is 0 Å². The summed E-state index contributed by atoms with van der Waals surface area (Å²) in [6, 6.07) is 11.5. The Morgan fingerprint density at radius 1 is 0.920 bits per heavy atom. The number of carbonyl (C=O) groups is 2. The minimum Gasteiger partial charge on any atom is -0.358 e. The van der Waals surface area contributed by atoms with Gasteiger partial charge in [0, 0.05) is 52.7 Å². The van der Waals surface area contributed by atoms with Crippen molar-refractivity contribution in [2.75, 3.05) is 0 Å². The van der Waals surface area contributed by atoms with Crippen molar-refractivity contribution in [3.05, 3.63) is 82.3 Å². The van der Waals surface area contributed by atoms with Gasteiger partial charge in [-0.25, -0.2) is 0 Å². The van der Waals surface area contributed by atoms with E-state index in [0.29, 0.717) is 17.6 Å². The number of ketones is 2. The van der Waals surface area contributed by atoms with Gasteiger partial charge >= 0.3 is 0 Å². The summed E-state index contributed by atoms with van der Waals surface area (Å²) >= 11 is 0. The Balaban J connectivity index is 1.77. The predicted molar refractivity (Wildman–Crippen MR) is 93.7 cm³/mol. The topological polar surface area (TPSA) is 59.1 Å². The average molecular weight is 328 g/mol. The molecule has 0 radical (unpaired) electrons. The van der Waals surface area contributed by atoms with Gasteiger partial charge in [-0.05, 0) is 30.5 Å². The predicted octanol–water partition coefficient (Wildman–Crippen LogP) is 3.38. The third-order valence-electron chi connectivity index (χ3n) is 5.30. The zero-order valence-corrected chi connectivity index (χ0v) is 13.6. The Kier molecular flexibility index (Phi) is 3.01. The largest absolute Gasteiger partial charge is 0.358 e. The maximum atomic E-state index is 13.1. The number of carbonyl (C=O) groups excluding carboxylic acids is 2. The third kappa shape index (κ3) is 1.97. The Morgan fingerprint density at radius 2 is 1.68 bits per heavy atom. The number of nitrogens with one attached hydrogen (secondary N) is 1. The Bertz CT molecular complexity index is 986. The molecule has 25 heavy (non-hydrogen) atoms. The second-order valence-electron chi connectivity index (χ2n) is 6.67. The number of dihydropyridines is 1. The monoisotopic (exact) mass is 328 g/mol. The van der Waals surface area contributed by atoms with Gasteiger partial charge in [0.25, 0.3) is 0 Å². The van der Waals surface area contributed by atoms with Gasteiger partial charge in [-0.3, -0.25) is 14.6 Å². The number of benzene rings is 1. The summed E-state index contributed by atoms with van der Waals surface area (Å²) in [6.45, 7) is 0. The molecule has 0 fully saturated rings. The summed E-state index contributed by atoms with van der Waals surface area (Å²) < 4.78 is 0. The Morgan fingerprint density at radius 3 is 2.48 bits per heavy atom. The first kappa shape index (κ1) is 14.3. The van der Waals surface area contributed by atoms with Gasteiger partial charge in [0.2, 0.25) is 0 Å². The lowest BCUT2D eigenvalue weighted by molar-refractivity contribution is -0.116. The minimum absolute atomic E-state index is 0.0184. The number of aromatic nitrogens is 1. The molecule has 0 amide bonds. The normalized spacial score (nSPS) is 21.7. The lowest BCUT2D eigenvalue weighted by Gasteiger charge is -2.33. The molecule has 2 aliphatic carbocycles. The number of hydrogen-bond donors (Lipinski definition) is 1. The molecule has 1 aromatic carbocycles. The lowest BCUT2D eigenvalue weighted by Crippen LogP contribution is -2.31. The van der Waals surface area contributed by atoms with Crippen molar-refractivity contribution in [2.24, 2.45) is 0 Å². The molecule has 2 heterocycles. The molecule has 1 aliphatic heterocycles. The third-order valence-corrected chi connectivity index (χ3v) is 5.30. The van der Waals surface area contributed by atoms with Gasteiger partial charge in [-0.2, -0.15) is 0 Å². The van der Waals surface area contributed by atoms with Crippen molar-refractivity contribution in [1.29, 1.82) is 0 Å². The van der Waals surface area contributed by atoms with Crippen LogP contribution in [-0.2, 0) is 4.79 Å². The van der Waals surface area contributed by atoms with Crippen molar-refractivity contribution in [2.45, 2.75) is 25.2 Å². The average Bonchev–Trinajstić information content (AvgIpc) is 2.94. The fraction of sp³-hybridized carbons (Fsp3) is 0.190. The highest BCUT2D eigenvalue weighted by molar-refractivity contribution is 6.23. The van der Waals surface area contributed by atoms with Crippen LogP contribution in [0.25, 0.3) is 5.70 Å². The van der Waals surface area contributed by atoms with Crippen LogP contribution in [0.4, 0.5) is 0 Å². The summed E-state index contributed by atoms with van der Waals surface area (Å²) in [5, 5.41) is 3.44. The molecule has 1 N–H and O–H groups in total. The summed E-state index contributed by atoms with van der Waals surface area (Å²) in [4.78, 5) is 30.0. The summed E-state index contributed by atoms with van der Waals surface area (Å²) in [7, 11) is 0. The van der Waals surface area contributed by atoms with Crippen LogP contribution in [0.1, 0.15) is 46.7 Å². The summed E-state index contributed by atoms with van der Waals surface area (Å²) in [5.41, 5.74) is 5.90. The molecule has 4 heteroatoms. The standard InChI is InChI=1S/C21H16N2O2/c24-16-7-3-6-15-18(16)17(12-8-10-22-11-9-12)19-20(23-15)13-4-1-2-5-14(13)21(19)25/h1-2,4-5,8-11,17,23H,3,6-7H2. The molecule has 122 valence electrons. The van der Waals surface area contributed by atoms with Crippen LogP contribution in [0.3, 0.4) is 0 Å². The van der Waals surface area contributed by atoms with Crippen LogP contribution in [-0.4, -0.2) is 16.6 Å². The van der Waals surface area contributed by atoms with Crippen LogP contribution < -0.4 is 5.32 Å². The number of nitrogens with zero attached hydrogens (tertiary/aromatic N) is 1. The molecular formula is C21H16N2O2. The SMILES string of the molecule is O=C1CCCC2=C1C(c1ccncc1)C1=C(N2)c2ccccc2C1=O. The molecule has 1 unspecified atom stereocenters. The minimum atomic E-state index is -0.304. The van der Waals surface area contributed by atoms with Crippen LogP contribution in [0.2, 0.25) is 0 Å². The number of rotatable bonds is 1. The van der Waals surface area contributed by atoms with Crippen LogP contribution in [0.15, 0.2) is 65.6 Å². The fourth-order valence-electron chi connectivity index (χ4n) is 4.23. The highest BCUT2D eigenvalue weighted by Gasteiger charge is 2.43. The van der Waals surface area contributed by atoms with E-state index in [-0.39, 0.29) is 17.5 Å². The molecule has 0 spiro atoms. The second-order valence-corrected chi connectivity index (χ2v) is 6.67. The van der Waals surface area contributed by atoms with Crippen molar-refractivity contribution in [3.8, 4) is 0 Å². The molecule has 3 aliphatic rings. The van der Waals surface area contributed by atoms with Crippen molar-refractivity contribution in [1.82, 2.24) is 10.3 Å². The van der Waals surface area contributed by atoms with Gasteiger partial charge in [0.05, 0.1) is 5.70 Å². The molecular weight excluding hydrogens is 312 g/mol. The van der Waals surface area contributed by atoms with Gasteiger partial charge in [-0.15, -0.1) is 0 Å². The highest BCUT2D eigenvalue weighted by Crippen LogP contribution is 2.48. The van der Waals surface area contributed by atoms with E-state index in [1.807, 2.05) is 36.4 Å². The van der Waals surface area contributed by atoms with Crippen LogP contribution >= 0.6 is 0 Å². The zero-order chi connectivity index (χ0) is 17.0. The van der Waals surface area contributed by atoms with Gasteiger partial charge in [0.15, 0.2) is 11.6 Å². The molecule has 0 saturated carbocycles. The molecule has 2 aromatic rings. The maximum absolute atomic E-state index is 13.1. The summed E-state index contributed by atoms with van der Waals surface area (Å²) in [5.74, 6) is -0.141. The molecule has 0 saturated heterocycles. The van der Waals surface area contributed by atoms with E-state index in [1.54, 1.807) is 12.4 Å². The first-order chi connectivity index (χ1) is 12.3. The first-order valence-electron chi connectivity index (χ1n) is 8.57. The zero-order valence-electron chi connectivity index (χ0n) is 13.6. The number of pyridine rings is 1. The number of hydrogen-bond acceptors (Lipinski definition) is 4. The number of allylic oxidation sites excluding steroid dienone is 3. The van der Waals surface area contributed by atoms with Crippen LogP contribution in [0, 0.1) is 0 Å². The van der Waals surface area contributed by atoms with E-state index in [4.69, 9.17) is 0 Å². The number of fused-ring (bicyclic) bond motifs is 2. The molecule has 1 aromatic heterocycles. The van der Waals surface area contributed by atoms with E-state index in [1.165, 1.54) is 0 Å². The smallest absolute Gasteiger partial charge is 0.192 e. The van der Waals surface area contributed by atoms with Crippen molar-refractivity contribution in [3.63, 3.8) is 0 Å². The van der Waals surface area contributed by atoms with E-state index in [9.17, 15) is 9.59 Å². The molecule has 0 bridgehead atoms. The van der Waals surface area contributed by atoms with E-state index >= 15 is 0 Å². The van der Waals surface area contributed by atoms with Gasteiger partial charge in [-0.1, -0.05) is 24.3 Å².